The highest BCUT2D eigenvalue weighted by atomic mass is 32.2. The lowest BCUT2D eigenvalue weighted by atomic mass is 9.98. The number of ether oxygens (including phenoxy) is 3. The number of aliphatic hydroxyl groups is 1. The van der Waals surface area contributed by atoms with Gasteiger partial charge in [-0.1, -0.05) is 24.3 Å². The van der Waals surface area contributed by atoms with Gasteiger partial charge in [0, 0.05) is 6.61 Å². The number of halogens is 3. The van der Waals surface area contributed by atoms with Crippen LogP contribution in [0.25, 0.3) is 0 Å². The number of nitrogens with one attached hydrogen (secondary N) is 2. The van der Waals surface area contributed by atoms with E-state index in [2.05, 4.69) is 9.46 Å². The Balaban J connectivity index is 1.42. The second-order valence-corrected chi connectivity index (χ2v) is 10.4. The minimum absolute atomic E-state index is 0.0174. The van der Waals surface area contributed by atoms with Crippen LogP contribution in [0, 0.1) is 4.78 Å². The van der Waals surface area contributed by atoms with Crippen molar-refractivity contribution < 1.29 is 36.7 Å². The van der Waals surface area contributed by atoms with Crippen LogP contribution in [0.2, 0.25) is 0 Å². The molecular formula is C25H24F3N3O5S. The van der Waals surface area contributed by atoms with E-state index >= 15 is 0 Å². The second-order valence-electron chi connectivity index (χ2n) is 8.63. The summed E-state index contributed by atoms with van der Waals surface area (Å²) >= 11 is 0. The maximum atomic E-state index is 13.3. The normalized spacial score (nSPS) is 23.1. The number of anilines is 2. The Labute approximate surface area is 211 Å². The van der Waals surface area contributed by atoms with Gasteiger partial charge in [0.2, 0.25) is 0 Å². The summed E-state index contributed by atoms with van der Waals surface area (Å²) in [5.74, 6) is 0.746. The molecule has 0 aromatic heterocycles. The quantitative estimate of drug-likeness (QED) is 0.427. The van der Waals surface area contributed by atoms with Gasteiger partial charge >= 0.3 is 6.36 Å². The van der Waals surface area contributed by atoms with Crippen molar-refractivity contribution in [1.29, 1.82) is 4.78 Å². The third-order valence-corrected chi connectivity index (χ3v) is 7.74. The first-order chi connectivity index (χ1) is 17.6. The predicted octanol–water partition coefficient (Wildman–Crippen LogP) is 4.96. The van der Waals surface area contributed by atoms with E-state index in [9.17, 15) is 22.5 Å². The largest absolute Gasteiger partial charge is 0.573 e. The van der Waals surface area contributed by atoms with Crippen molar-refractivity contribution in [3.8, 4) is 17.2 Å². The molecule has 2 heterocycles. The molecule has 0 bridgehead atoms. The zero-order valence-corrected chi connectivity index (χ0v) is 20.2. The number of fused-ring (bicyclic) bond motifs is 2. The van der Waals surface area contributed by atoms with Gasteiger partial charge < -0.3 is 24.2 Å². The number of benzene rings is 3. The lowest BCUT2D eigenvalue weighted by molar-refractivity contribution is -0.274. The van der Waals surface area contributed by atoms with Crippen molar-refractivity contribution in [2.24, 2.45) is 0 Å². The summed E-state index contributed by atoms with van der Waals surface area (Å²) in [7, 11) is -3.71. The number of nitrogens with zero attached hydrogens (tertiary/aromatic N) is 1. The fourth-order valence-corrected chi connectivity index (χ4v) is 5.83. The van der Waals surface area contributed by atoms with Crippen LogP contribution >= 0.6 is 0 Å². The molecule has 2 aliphatic rings. The average Bonchev–Trinajstić information content (AvgIpc) is 3.03. The maximum absolute atomic E-state index is 13.3. The molecule has 12 heteroatoms. The fourth-order valence-electron chi connectivity index (χ4n) is 4.54. The Morgan fingerprint density at radius 1 is 1.00 bits per heavy atom. The molecule has 2 aliphatic heterocycles. The Morgan fingerprint density at radius 3 is 2.19 bits per heavy atom. The molecule has 37 heavy (non-hydrogen) atoms. The third kappa shape index (κ3) is 5.37. The molecule has 0 radical (unpaired) electrons. The second kappa shape index (κ2) is 9.86. The van der Waals surface area contributed by atoms with Crippen molar-refractivity contribution in [1.82, 2.24) is 4.72 Å². The monoisotopic (exact) mass is 535 g/mol. The molecular weight excluding hydrogens is 511 g/mol. The molecule has 0 aliphatic carbocycles. The van der Waals surface area contributed by atoms with Crippen LogP contribution in [0.5, 0.6) is 17.2 Å². The highest BCUT2D eigenvalue weighted by Crippen LogP contribution is 2.48. The Kier molecular flexibility index (Phi) is 6.75. The standard InChI is InChI=1S/C25H24F3N3O5S/c26-25(27,28)36-16-9-11-17(12-10-16)37(29,33)30-18-15-34-14-13-21(24(18)32)31-19-5-1-3-7-22(19)35-23-8-4-2-6-20(23)31/h1-12,18,21,24,32H,13-15H2,(H2,29,30,33)/t18-,21-,24+,37?/m1/s1. The van der Waals surface area contributed by atoms with E-state index in [1.165, 1.54) is 0 Å². The van der Waals surface area contributed by atoms with E-state index in [1.54, 1.807) is 0 Å². The molecule has 5 rings (SSSR count). The van der Waals surface area contributed by atoms with Crippen molar-refractivity contribution in [3.05, 3.63) is 72.8 Å². The third-order valence-electron chi connectivity index (χ3n) is 6.17. The Hall–Kier alpha value is -3.32. The minimum Gasteiger partial charge on any atom is -0.453 e. The van der Waals surface area contributed by atoms with Gasteiger partial charge in [0.15, 0.2) is 11.5 Å². The van der Waals surface area contributed by atoms with Gasteiger partial charge in [0.25, 0.3) is 0 Å². The number of hydrogen-bond acceptors (Lipinski definition) is 7. The molecule has 196 valence electrons. The summed E-state index contributed by atoms with van der Waals surface area (Å²) in [6, 6.07) is 17.6. The van der Waals surface area contributed by atoms with Crippen molar-refractivity contribution in [3.63, 3.8) is 0 Å². The Morgan fingerprint density at radius 2 is 1.59 bits per heavy atom. The van der Waals surface area contributed by atoms with E-state index in [1.807, 2.05) is 53.4 Å². The smallest absolute Gasteiger partial charge is 0.453 e. The molecule has 0 amide bonds. The summed E-state index contributed by atoms with van der Waals surface area (Å²) in [6.07, 6.45) is -5.55. The average molecular weight is 536 g/mol. The fraction of sp³-hybridized carbons (Fsp3) is 0.280. The van der Waals surface area contributed by atoms with Gasteiger partial charge in [0.1, 0.15) is 15.7 Å². The zero-order chi connectivity index (χ0) is 26.2. The SMILES string of the molecule is N=S(=O)(N[C@@H]1COCC[C@@H](N2c3ccccc3Oc3ccccc32)[C@H]1O)c1ccc(OC(F)(F)F)cc1. The van der Waals surface area contributed by atoms with Crippen LogP contribution in [-0.4, -0.2) is 47.1 Å². The van der Waals surface area contributed by atoms with Gasteiger partial charge in [-0.2, -0.15) is 0 Å². The van der Waals surface area contributed by atoms with Gasteiger partial charge in [-0.25, -0.2) is 13.7 Å². The molecule has 1 fully saturated rings. The summed E-state index contributed by atoms with van der Waals surface area (Å²) in [6.45, 7) is 0.292. The lowest BCUT2D eigenvalue weighted by Crippen LogP contribution is -2.53. The molecule has 4 atom stereocenters. The van der Waals surface area contributed by atoms with E-state index in [0.29, 0.717) is 24.5 Å². The number of rotatable bonds is 5. The summed E-state index contributed by atoms with van der Waals surface area (Å²) < 4.78 is 77.3. The van der Waals surface area contributed by atoms with E-state index in [0.717, 1.165) is 35.6 Å². The first-order valence-electron chi connectivity index (χ1n) is 11.5. The first-order valence-corrected chi connectivity index (χ1v) is 13.0. The van der Waals surface area contributed by atoms with Crippen LogP contribution in [-0.2, 0) is 14.7 Å². The van der Waals surface area contributed by atoms with Gasteiger partial charge in [-0.15, -0.1) is 13.2 Å². The molecule has 0 spiro atoms. The molecule has 8 nitrogen and oxygen atoms in total. The van der Waals surface area contributed by atoms with E-state index in [4.69, 9.17) is 14.3 Å². The summed E-state index contributed by atoms with van der Waals surface area (Å²) in [4.78, 5) is 1.91. The van der Waals surface area contributed by atoms with Gasteiger partial charge in [-0.05, 0) is 55.0 Å². The predicted molar refractivity (Wildman–Crippen MR) is 130 cm³/mol. The van der Waals surface area contributed by atoms with Crippen LogP contribution in [0.3, 0.4) is 0 Å². The van der Waals surface area contributed by atoms with Crippen molar-refractivity contribution in [2.45, 2.75) is 35.9 Å². The highest BCUT2D eigenvalue weighted by Gasteiger charge is 2.40. The highest BCUT2D eigenvalue weighted by molar-refractivity contribution is 7.90. The summed E-state index contributed by atoms with van der Waals surface area (Å²) in [5, 5.41) is 11.5. The van der Waals surface area contributed by atoms with Crippen LogP contribution < -0.4 is 19.1 Å². The maximum Gasteiger partial charge on any atom is 0.573 e. The molecule has 1 saturated heterocycles. The number of alkyl halides is 3. The molecule has 3 aromatic carbocycles. The van der Waals surface area contributed by atoms with Gasteiger partial charge in [0.05, 0.1) is 41.1 Å². The summed E-state index contributed by atoms with van der Waals surface area (Å²) in [5.41, 5.74) is 1.50. The van der Waals surface area contributed by atoms with E-state index < -0.39 is 40.2 Å². The molecule has 3 N–H and O–H groups in total. The topological polar surface area (TPSA) is 104 Å². The van der Waals surface area contributed by atoms with Crippen molar-refractivity contribution in [2.75, 3.05) is 18.1 Å². The number of aliphatic hydroxyl groups excluding tert-OH is 1. The van der Waals surface area contributed by atoms with Crippen LogP contribution in [0.15, 0.2) is 77.7 Å². The lowest BCUT2D eigenvalue weighted by Gasteiger charge is -2.41. The van der Waals surface area contributed by atoms with E-state index in [-0.39, 0.29) is 11.5 Å². The minimum atomic E-state index is -4.87. The number of para-hydroxylation sites is 4. The molecule has 3 aromatic rings. The zero-order valence-electron chi connectivity index (χ0n) is 19.4. The number of hydrogen-bond donors (Lipinski definition) is 3. The van der Waals surface area contributed by atoms with Gasteiger partial charge in [-0.3, -0.25) is 0 Å². The van der Waals surface area contributed by atoms with Crippen LogP contribution in [0.4, 0.5) is 24.5 Å². The van der Waals surface area contributed by atoms with Crippen molar-refractivity contribution >= 4 is 21.3 Å². The van der Waals surface area contributed by atoms with Crippen LogP contribution in [0.1, 0.15) is 6.42 Å². The Bertz CT molecular complexity index is 1320. The molecule has 1 unspecified atom stereocenters. The first kappa shape index (κ1) is 25.3. The molecule has 0 saturated carbocycles.